The van der Waals surface area contributed by atoms with Gasteiger partial charge in [-0.3, -0.25) is 4.39 Å². The Morgan fingerprint density at radius 1 is 1.18 bits per heavy atom. The first-order valence-electron chi connectivity index (χ1n) is 4.59. The zero-order valence-corrected chi connectivity index (χ0v) is 9.52. The third-order valence-electron chi connectivity index (χ3n) is 1.96. The Labute approximate surface area is 102 Å². The molecule has 0 fully saturated rings. The maximum absolute atomic E-state index is 12.0. The second kappa shape index (κ2) is 6.66. The van der Waals surface area contributed by atoms with Gasteiger partial charge in [0.1, 0.15) is 5.75 Å². The first-order chi connectivity index (χ1) is 7.42. The molecule has 0 aliphatic heterocycles. The molecule has 2 nitrogen and oxygen atoms in total. The fourth-order valence-corrected chi connectivity index (χ4v) is 1.20. The Hall–Kier alpha value is -1.01. The Morgan fingerprint density at radius 3 is 2.12 bits per heavy atom. The van der Waals surface area contributed by atoms with E-state index in [1.54, 1.807) is 0 Å². The van der Waals surface area contributed by atoms with Gasteiger partial charge in [0.2, 0.25) is 0 Å². The topological polar surface area (TPSA) is 35.2 Å². The van der Waals surface area contributed by atoms with Crippen molar-refractivity contribution in [1.29, 1.82) is 0 Å². The monoisotopic (exact) mass is 273 g/mol. The van der Waals surface area contributed by atoms with Gasteiger partial charge in [-0.1, -0.05) is 12.1 Å². The van der Waals surface area contributed by atoms with Crippen molar-refractivity contribution >= 4 is 12.4 Å². The number of rotatable bonds is 4. The molecular formula is C10H12ClF4NO. The molecular weight excluding hydrogens is 262 g/mol. The second-order valence-corrected chi connectivity index (χ2v) is 3.20. The highest BCUT2D eigenvalue weighted by Crippen LogP contribution is 2.24. The first-order valence-corrected chi connectivity index (χ1v) is 4.59. The van der Waals surface area contributed by atoms with Crippen molar-refractivity contribution in [3.05, 3.63) is 29.8 Å². The summed E-state index contributed by atoms with van der Waals surface area (Å²) < 4.78 is 51.1. The second-order valence-electron chi connectivity index (χ2n) is 3.20. The van der Waals surface area contributed by atoms with E-state index in [1.165, 1.54) is 12.1 Å². The van der Waals surface area contributed by atoms with Crippen LogP contribution in [0.1, 0.15) is 18.0 Å². The quantitative estimate of drug-likeness (QED) is 0.854. The summed E-state index contributed by atoms with van der Waals surface area (Å²) in [6, 6.07) is 4.58. The lowest BCUT2D eigenvalue weighted by molar-refractivity contribution is -0.274. The fraction of sp³-hybridized carbons (Fsp3) is 0.400. The zero-order chi connectivity index (χ0) is 12.2. The third-order valence-corrected chi connectivity index (χ3v) is 1.96. The maximum Gasteiger partial charge on any atom is 0.573 e. The van der Waals surface area contributed by atoms with E-state index in [-0.39, 0.29) is 24.6 Å². The lowest BCUT2D eigenvalue weighted by atomic mass is 10.1. The van der Waals surface area contributed by atoms with Crippen molar-refractivity contribution < 1.29 is 22.3 Å². The van der Waals surface area contributed by atoms with Gasteiger partial charge in [0.25, 0.3) is 0 Å². The Bertz CT molecular complexity index is 328. The molecule has 0 heterocycles. The number of hydrogen-bond donors (Lipinski definition) is 1. The molecule has 0 saturated heterocycles. The van der Waals surface area contributed by atoms with Gasteiger partial charge in [-0.2, -0.15) is 0 Å². The summed E-state index contributed by atoms with van der Waals surface area (Å²) in [7, 11) is 0. The minimum Gasteiger partial charge on any atom is -0.406 e. The van der Waals surface area contributed by atoms with Crippen LogP contribution in [0.15, 0.2) is 24.3 Å². The highest BCUT2D eigenvalue weighted by atomic mass is 35.5. The molecule has 0 amide bonds. The normalized spacial score (nSPS) is 12.8. The molecule has 17 heavy (non-hydrogen) atoms. The molecule has 0 unspecified atom stereocenters. The number of alkyl halides is 4. The van der Waals surface area contributed by atoms with E-state index in [0.29, 0.717) is 5.56 Å². The third kappa shape index (κ3) is 5.74. The molecule has 0 aromatic heterocycles. The van der Waals surface area contributed by atoms with Crippen molar-refractivity contribution in [3.63, 3.8) is 0 Å². The van der Waals surface area contributed by atoms with Crippen LogP contribution in [0.4, 0.5) is 17.6 Å². The number of hydrogen-bond acceptors (Lipinski definition) is 2. The van der Waals surface area contributed by atoms with Crippen molar-refractivity contribution in [2.75, 3.05) is 6.67 Å². The van der Waals surface area contributed by atoms with E-state index in [9.17, 15) is 17.6 Å². The van der Waals surface area contributed by atoms with E-state index >= 15 is 0 Å². The lowest BCUT2D eigenvalue weighted by Gasteiger charge is -2.12. The standard InChI is InChI=1S/C10H11F4NO.ClH/c11-6-5-9(15)7-1-3-8(4-2-7)16-10(12,13)14;/h1-4,9H,5-6,15H2;1H/t9-;/m0./s1. The minimum atomic E-state index is -4.71. The molecule has 1 rings (SSSR count). The van der Waals surface area contributed by atoms with Gasteiger partial charge in [-0.25, -0.2) is 0 Å². The van der Waals surface area contributed by atoms with E-state index in [2.05, 4.69) is 4.74 Å². The Morgan fingerprint density at radius 2 is 1.71 bits per heavy atom. The molecule has 0 aliphatic carbocycles. The van der Waals surface area contributed by atoms with E-state index in [1.807, 2.05) is 0 Å². The molecule has 0 bridgehead atoms. The largest absolute Gasteiger partial charge is 0.573 e. The van der Waals surface area contributed by atoms with E-state index in [4.69, 9.17) is 5.73 Å². The van der Waals surface area contributed by atoms with Gasteiger partial charge in [0, 0.05) is 6.04 Å². The van der Waals surface area contributed by atoms with Crippen LogP contribution in [0, 0.1) is 0 Å². The number of nitrogens with two attached hydrogens (primary N) is 1. The zero-order valence-electron chi connectivity index (χ0n) is 8.71. The van der Waals surface area contributed by atoms with Crippen molar-refractivity contribution in [2.24, 2.45) is 5.73 Å². The lowest BCUT2D eigenvalue weighted by Crippen LogP contribution is -2.17. The van der Waals surface area contributed by atoms with Crippen molar-refractivity contribution in [2.45, 2.75) is 18.8 Å². The fourth-order valence-electron chi connectivity index (χ4n) is 1.20. The minimum absolute atomic E-state index is 0. The van der Waals surface area contributed by atoms with Crippen LogP contribution in [0.2, 0.25) is 0 Å². The van der Waals surface area contributed by atoms with E-state index in [0.717, 1.165) is 12.1 Å². The molecule has 0 saturated carbocycles. The summed E-state index contributed by atoms with van der Waals surface area (Å²) in [6.07, 6.45) is -4.57. The van der Waals surface area contributed by atoms with Gasteiger partial charge >= 0.3 is 6.36 Å². The molecule has 0 radical (unpaired) electrons. The van der Waals surface area contributed by atoms with Gasteiger partial charge < -0.3 is 10.5 Å². The SMILES string of the molecule is Cl.N[C@@H](CCF)c1ccc(OC(F)(F)F)cc1. The number of ether oxygens (including phenoxy) is 1. The van der Waals surface area contributed by atoms with Crippen molar-refractivity contribution in [3.8, 4) is 5.75 Å². The Kier molecular flexibility index (Phi) is 6.26. The van der Waals surface area contributed by atoms with Crippen LogP contribution in [0.5, 0.6) is 5.75 Å². The maximum atomic E-state index is 12.0. The Balaban J connectivity index is 0.00000256. The smallest absolute Gasteiger partial charge is 0.406 e. The predicted molar refractivity (Wildman–Crippen MR) is 57.9 cm³/mol. The van der Waals surface area contributed by atoms with Crippen molar-refractivity contribution in [1.82, 2.24) is 0 Å². The van der Waals surface area contributed by atoms with Gasteiger partial charge in [0.05, 0.1) is 6.67 Å². The summed E-state index contributed by atoms with van der Waals surface area (Å²) in [5.74, 6) is -0.316. The van der Waals surface area contributed by atoms with Crippen LogP contribution in [0.3, 0.4) is 0 Å². The van der Waals surface area contributed by atoms with Gasteiger partial charge in [-0.15, -0.1) is 25.6 Å². The molecule has 1 aromatic rings. The average molecular weight is 274 g/mol. The molecule has 1 atom stereocenters. The molecule has 7 heteroatoms. The molecule has 2 N–H and O–H groups in total. The molecule has 0 spiro atoms. The summed E-state index contributed by atoms with van der Waals surface area (Å²) >= 11 is 0. The molecule has 1 aromatic carbocycles. The van der Waals surface area contributed by atoms with Crippen LogP contribution in [0.25, 0.3) is 0 Å². The summed E-state index contributed by atoms with van der Waals surface area (Å²) in [5.41, 5.74) is 6.16. The van der Waals surface area contributed by atoms with Gasteiger partial charge in [0.15, 0.2) is 0 Å². The first kappa shape index (κ1) is 16.0. The summed E-state index contributed by atoms with van der Waals surface area (Å²) in [6.45, 7) is -0.567. The highest BCUT2D eigenvalue weighted by Gasteiger charge is 2.30. The van der Waals surface area contributed by atoms with Gasteiger partial charge in [-0.05, 0) is 24.1 Å². The summed E-state index contributed by atoms with van der Waals surface area (Å²) in [5, 5.41) is 0. The van der Waals surface area contributed by atoms with Crippen LogP contribution in [-0.4, -0.2) is 13.0 Å². The summed E-state index contributed by atoms with van der Waals surface area (Å²) in [4.78, 5) is 0. The molecule has 98 valence electrons. The highest BCUT2D eigenvalue weighted by molar-refractivity contribution is 5.85. The van der Waals surface area contributed by atoms with E-state index < -0.39 is 19.1 Å². The van der Waals surface area contributed by atoms with Crippen LogP contribution in [-0.2, 0) is 0 Å². The number of benzene rings is 1. The molecule has 0 aliphatic rings. The van der Waals surface area contributed by atoms with Crippen LogP contribution < -0.4 is 10.5 Å². The number of halogens is 5. The van der Waals surface area contributed by atoms with Crippen LogP contribution >= 0.6 is 12.4 Å². The average Bonchev–Trinajstić information content (AvgIpc) is 2.16. The predicted octanol–water partition coefficient (Wildman–Crippen LogP) is 3.37.